The highest BCUT2D eigenvalue weighted by atomic mass is 32.2. The summed E-state index contributed by atoms with van der Waals surface area (Å²) in [5, 5.41) is 20.7. The fraction of sp³-hybridized carbons (Fsp3) is 0.533. The average molecular weight is 372 g/mol. The number of nitrogens with zero attached hydrogens (tertiary/aromatic N) is 1. The van der Waals surface area contributed by atoms with Crippen LogP contribution in [-0.2, 0) is 19.6 Å². The molecule has 0 spiro atoms. The molecule has 0 aliphatic heterocycles. The van der Waals surface area contributed by atoms with E-state index in [1.54, 1.807) is 0 Å². The highest BCUT2D eigenvalue weighted by Crippen LogP contribution is 2.29. The van der Waals surface area contributed by atoms with Gasteiger partial charge in [-0.3, -0.25) is 14.9 Å². The van der Waals surface area contributed by atoms with Gasteiger partial charge in [0.1, 0.15) is 6.04 Å². The first-order valence-electron chi connectivity index (χ1n) is 7.78. The Labute approximate surface area is 145 Å². The van der Waals surface area contributed by atoms with Crippen molar-refractivity contribution in [1.29, 1.82) is 0 Å². The van der Waals surface area contributed by atoms with E-state index in [1.165, 1.54) is 12.1 Å². The number of hydrogen-bond donors (Lipinski definition) is 2. The second-order valence-electron chi connectivity index (χ2n) is 5.92. The van der Waals surface area contributed by atoms with Crippen molar-refractivity contribution in [2.24, 2.45) is 5.92 Å². The van der Waals surface area contributed by atoms with Crippen LogP contribution in [0.4, 0.5) is 5.69 Å². The van der Waals surface area contributed by atoms with E-state index in [9.17, 15) is 28.4 Å². The minimum Gasteiger partial charge on any atom is -0.468 e. The van der Waals surface area contributed by atoms with Crippen LogP contribution < -0.4 is 4.72 Å². The van der Waals surface area contributed by atoms with Gasteiger partial charge in [-0.05, 0) is 37.7 Å². The van der Waals surface area contributed by atoms with Gasteiger partial charge in [0.2, 0.25) is 10.0 Å². The summed E-state index contributed by atoms with van der Waals surface area (Å²) in [4.78, 5) is 21.8. The number of ether oxygens (including phenoxy) is 1. The number of carbonyl (C=O) groups is 1. The van der Waals surface area contributed by atoms with Gasteiger partial charge in [0.25, 0.3) is 5.69 Å². The number of para-hydroxylation sites is 1. The third-order valence-corrected chi connectivity index (χ3v) is 5.79. The van der Waals surface area contributed by atoms with Crippen LogP contribution in [-0.4, -0.2) is 43.7 Å². The predicted octanol–water partition coefficient (Wildman–Crippen LogP) is 0.966. The molecule has 1 aromatic carbocycles. The molecule has 1 aliphatic carbocycles. The lowest BCUT2D eigenvalue weighted by Crippen LogP contribution is -2.47. The molecule has 1 aromatic rings. The number of benzene rings is 1. The first-order valence-corrected chi connectivity index (χ1v) is 9.26. The summed E-state index contributed by atoms with van der Waals surface area (Å²) >= 11 is 0. The van der Waals surface area contributed by atoms with Crippen LogP contribution in [0.25, 0.3) is 0 Å². The van der Waals surface area contributed by atoms with Crippen LogP contribution in [0.3, 0.4) is 0 Å². The molecular weight excluding hydrogens is 352 g/mol. The summed E-state index contributed by atoms with van der Waals surface area (Å²) in [6.07, 6.45) is 1.32. The van der Waals surface area contributed by atoms with Crippen molar-refractivity contribution in [2.45, 2.75) is 42.7 Å². The number of hydrogen-bond acceptors (Lipinski definition) is 7. The van der Waals surface area contributed by atoms with Gasteiger partial charge in [-0.1, -0.05) is 12.1 Å². The maximum Gasteiger partial charge on any atom is 0.324 e. The fourth-order valence-electron chi connectivity index (χ4n) is 2.96. The third kappa shape index (κ3) is 4.53. The number of carbonyl (C=O) groups excluding carboxylic acids is 1. The van der Waals surface area contributed by atoms with E-state index < -0.39 is 43.6 Å². The number of sulfonamides is 1. The Morgan fingerprint density at radius 1 is 1.32 bits per heavy atom. The molecule has 0 aromatic heterocycles. The molecule has 0 heterocycles. The van der Waals surface area contributed by atoms with Crippen LogP contribution >= 0.6 is 0 Å². The van der Waals surface area contributed by atoms with Crippen molar-refractivity contribution in [2.75, 3.05) is 7.11 Å². The molecule has 0 bridgehead atoms. The molecule has 0 saturated heterocycles. The number of nitrogens with one attached hydrogen (secondary N) is 1. The van der Waals surface area contributed by atoms with Gasteiger partial charge >= 0.3 is 5.97 Å². The first kappa shape index (κ1) is 19.3. The lowest BCUT2D eigenvalue weighted by molar-refractivity contribution is -0.387. The van der Waals surface area contributed by atoms with Gasteiger partial charge in [-0.15, -0.1) is 0 Å². The van der Waals surface area contributed by atoms with Gasteiger partial charge < -0.3 is 9.84 Å². The molecule has 0 unspecified atom stereocenters. The smallest absolute Gasteiger partial charge is 0.324 e. The fourth-order valence-corrected chi connectivity index (χ4v) is 4.39. The molecule has 0 radical (unpaired) electrons. The van der Waals surface area contributed by atoms with Gasteiger partial charge in [0, 0.05) is 6.07 Å². The number of methoxy groups -OCH3 is 1. The summed E-state index contributed by atoms with van der Waals surface area (Å²) in [7, 11) is -3.16. The van der Waals surface area contributed by atoms with Crippen LogP contribution in [0.1, 0.15) is 25.7 Å². The number of nitro groups is 1. The van der Waals surface area contributed by atoms with Crippen LogP contribution in [0.15, 0.2) is 29.2 Å². The van der Waals surface area contributed by atoms with E-state index in [1.807, 2.05) is 0 Å². The normalized spacial score (nSPS) is 22.2. The Hall–Kier alpha value is -2.04. The molecular formula is C15H20N2O7S. The van der Waals surface area contributed by atoms with Crippen molar-refractivity contribution < 1.29 is 28.0 Å². The largest absolute Gasteiger partial charge is 0.468 e. The Morgan fingerprint density at radius 2 is 1.92 bits per heavy atom. The van der Waals surface area contributed by atoms with Crippen molar-refractivity contribution >= 4 is 21.7 Å². The zero-order valence-electron chi connectivity index (χ0n) is 13.6. The molecule has 1 fully saturated rings. The van der Waals surface area contributed by atoms with Crippen LogP contribution in [0.2, 0.25) is 0 Å². The van der Waals surface area contributed by atoms with Crippen LogP contribution in [0, 0.1) is 16.0 Å². The maximum absolute atomic E-state index is 12.6. The summed E-state index contributed by atoms with van der Waals surface area (Å²) in [6.45, 7) is 0. The maximum atomic E-state index is 12.6. The average Bonchev–Trinajstić information content (AvgIpc) is 2.60. The summed E-state index contributed by atoms with van der Waals surface area (Å²) in [5.41, 5.74) is -0.572. The van der Waals surface area contributed by atoms with Crippen molar-refractivity contribution in [1.82, 2.24) is 4.72 Å². The predicted molar refractivity (Wildman–Crippen MR) is 87.2 cm³/mol. The Balaban J connectivity index is 2.31. The monoisotopic (exact) mass is 372 g/mol. The number of aliphatic hydroxyl groups is 1. The second-order valence-corrected chi connectivity index (χ2v) is 7.60. The van der Waals surface area contributed by atoms with Gasteiger partial charge in [-0.2, -0.15) is 4.72 Å². The zero-order valence-corrected chi connectivity index (χ0v) is 14.4. The minimum atomic E-state index is -4.31. The van der Waals surface area contributed by atoms with Gasteiger partial charge in [-0.25, -0.2) is 8.42 Å². The molecule has 1 aliphatic rings. The van der Waals surface area contributed by atoms with Gasteiger partial charge in [0.15, 0.2) is 4.90 Å². The summed E-state index contributed by atoms with van der Waals surface area (Å²) < 4.78 is 32.2. The molecule has 25 heavy (non-hydrogen) atoms. The summed E-state index contributed by atoms with van der Waals surface area (Å²) in [6, 6.07) is 3.75. The number of aliphatic hydroxyl groups excluding tert-OH is 1. The zero-order chi connectivity index (χ0) is 18.6. The first-order chi connectivity index (χ1) is 11.8. The molecule has 2 N–H and O–H groups in total. The van der Waals surface area contributed by atoms with Gasteiger partial charge in [0.05, 0.1) is 18.1 Å². The Kier molecular flexibility index (Phi) is 6.09. The van der Waals surface area contributed by atoms with E-state index >= 15 is 0 Å². The standard InChI is InChI=1S/C15H20N2O7S/c1-24-15(19)14(10-6-8-11(18)9-7-10)16-25(22,23)13-5-3-2-4-12(13)17(20)21/h2-5,10-11,14,16,18H,6-9H2,1H3/t10?,11?,14-/m1/s1. The Morgan fingerprint density at radius 3 is 2.48 bits per heavy atom. The van der Waals surface area contributed by atoms with E-state index in [0.717, 1.165) is 19.2 Å². The molecule has 138 valence electrons. The van der Waals surface area contributed by atoms with E-state index in [-0.39, 0.29) is 5.92 Å². The second kappa shape index (κ2) is 7.89. The lowest BCUT2D eigenvalue weighted by atomic mass is 9.83. The molecule has 2 rings (SSSR count). The molecule has 1 saturated carbocycles. The lowest BCUT2D eigenvalue weighted by Gasteiger charge is -2.30. The van der Waals surface area contributed by atoms with Crippen molar-refractivity contribution in [3.8, 4) is 0 Å². The third-order valence-electron chi connectivity index (χ3n) is 4.30. The van der Waals surface area contributed by atoms with E-state index in [0.29, 0.717) is 25.7 Å². The molecule has 10 heteroatoms. The molecule has 1 atom stereocenters. The number of nitro benzene ring substituents is 1. The molecule has 9 nitrogen and oxygen atoms in total. The van der Waals surface area contributed by atoms with E-state index in [4.69, 9.17) is 0 Å². The molecule has 0 amide bonds. The van der Waals surface area contributed by atoms with Crippen molar-refractivity contribution in [3.05, 3.63) is 34.4 Å². The van der Waals surface area contributed by atoms with Crippen molar-refractivity contribution in [3.63, 3.8) is 0 Å². The Bertz CT molecular complexity index is 742. The van der Waals surface area contributed by atoms with E-state index in [2.05, 4.69) is 9.46 Å². The minimum absolute atomic E-state index is 0.353. The summed E-state index contributed by atoms with van der Waals surface area (Å²) in [5.74, 6) is -1.11. The SMILES string of the molecule is COC(=O)[C@H](NS(=O)(=O)c1ccccc1[N+](=O)[O-])C1CCC(O)CC1. The number of rotatable bonds is 6. The quantitative estimate of drug-likeness (QED) is 0.431. The topological polar surface area (TPSA) is 136 Å². The van der Waals surface area contributed by atoms with Crippen LogP contribution in [0.5, 0.6) is 0 Å². The number of esters is 1. The highest BCUT2D eigenvalue weighted by molar-refractivity contribution is 7.89. The highest BCUT2D eigenvalue weighted by Gasteiger charge is 2.37.